The lowest BCUT2D eigenvalue weighted by Crippen LogP contribution is -2.07. The van der Waals surface area contributed by atoms with Crippen LogP contribution in [0.2, 0.25) is 0 Å². The van der Waals surface area contributed by atoms with Crippen molar-refractivity contribution >= 4 is 16.6 Å². The summed E-state index contributed by atoms with van der Waals surface area (Å²) in [7, 11) is 0. The fourth-order valence-corrected chi connectivity index (χ4v) is 2.42. The van der Waals surface area contributed by atoms with E-state index in [4.69, 9.17) is 0 Å². The van der Waals surface area contributed by atoms with Gasteiger partial charge in [0.1, 0.15) is 5.82 Å². The number of imidazole rings is 1. The van der Waals surface area contributed by atoms with E-state index in [2.05, 4.69) is 9.55 Å². The Kier molecular flexibility index (Phi) is 2.98. The quantitative estimate of drug-likeness (QED) is 0.541. The van der Waals surface area contributed by atoms with Crippen molar-refractivity contribution in [1.29, 1.82) is 0 Å². The van der Waals surface area contributed by atoms with E-state index in [-0.39, 0.29) is 10.6 Å². The van der Waals surface area contributed by atoms with Crippen LogP contribution in [0.15, 0.2) is 42.9 Å². The first-order valence-corrected chi connectivity index (χ1v) is 6.37. The average Bonchev–Trinajstić information content (AvgIpc) is 3.02. The topological polar surface area (TPSA) is 65.9 Å². The molecule has 2 aromatic heterocycles. The molecule has 0 radical (unpaired) electrons. The number of nitro groups is 1. The number of hydrogen-bond acceptors (Lipinski definition) is 3. The van der Waals surface area contributed by atoms with Crippen LogP contribution >= 0.6 is 0 Å². The zero-order chi connectivity index (χ0) is 14.1. The van der Waals surface area contributed by atoms with Gasteiger partial charge in [-0.25, -0.2) is 4.98 Å². The predicted molar refractivity (Wildman–Crippen MR) is 75.6 cm³/mol. The van der Waals surface area contributed by atoms with E-state index in [0.29, 0.717) is 5.39 Å². The maximum Gasteiger partial charge on any atom is 0.278 e. The van der Waals surface area contributed by atoms with Crippen molar-refractivity contribution < 1.29 is 4.92 Å². The first kappa shape index (κ1) is 12.4. The van der Waals surface area contributed by atoms with Crippen molar-refractivity contribution in [2.75, 3.05) is 0 Å². The Morgan fingerprint density at radius 1 is 1.20 bits per heavy atom. The highest BCUT2D eigenvalue weighted by atomic mass is 16.6. The fourth-order valence-electron chi connectivity index (χ4n) is 2.42. The van der Waals surface area contributed by atoms with Gasteiger partial charge < -0.3 is 9.13 Å². The molecular formula is C14H14N4O2. The molecule has 0 amide bonds. The molecule has 0 N–H and O–H groups in total. The van der Waals surface area contributed by atoms with Crippen molar-refractivity contribution in [3.05, 3.63) is 58.8 Å². The third-order valence-electron chi connectivity index (χ3n) is 3.49. The van der Waals surface area contributed by atoms with Crippen molar-refractivity contribution in [2.24, 2.45) is 0 Å². The van der Waals surface area contributed by atoms with Gasteiger partial charge in [0.05, 0.1) is 15.8 Å². The minimum absolute atomic E-state index is 0.153. The molecule has 1 aromatic carbocycles. The van der Waals surface area contributed by atoms with Crippen LogP contribution in [-0.2, 0) is 13.1 Å². The summed E-state index contributed by atoms with van der Waals surface area (Å²) < 4.78 is 4.09. The summed E-state index contributed by atoms with van der Waals surface area (Å²) in [5.41, 5.74) is 1.04. The number of benzene rings is 1. The molecule has 6 nitrogen and oxygen atoms in total. The molecule has 102 valence electrons. The van der Waals surface area contributed by atoms with Gasteiger partial charge in [-0.2, -0.15) is 0 Å². The molecule has 0 unspecified atom stereocenters. The zero-order valence-electron chi connectivity index (χ0n) is 11.1. The number of hydrogen-bond donors (Lipinski definition) is 0. The zero-order valence-corrected chi connectivity index (χ0v) is 11.1. The molecule has 2 heterocycles. The lowest BCUT2D eigenvalue weighted by Gasteiger charge is -2.07. The predicted octanol–water partition coefficient (Wildman–Crippen LogP) is 2.75. The summed E-state index contributed by atoms with van der Waals surface area (Å²) in [6.45, 7) is 3.50. The van der Waals surface area contributed by atoms with Crippen molar-refractivity contribution in [1.82, 2.24) is 14.1 Å². The second-order valence-electron chi connectivity index (χ2n) is 4.64. The lowest BCUT2D eigenvalue weighted by molar-refractivity contribution is -0.383. The Bertz CT molecular complexity index is 772. The van der Waals surface area contributed by atoms with Gasteiger partial charge in [-0.1, -0.05) is 6.07 Å². The van der Waals surface area contributed by atoms with E-state index in [1.54, 1.807) is 18.3 Å². The number of aryl methyl sites for hydroxylation is 3. The summed E-state index contributed by atoms with van der Waals surface area (Å²) in [6.07, 6.45) is 5.60. The molecule has 0 atom stereocenters. The highest BCUT2D eigenvalue weighted by Crippen LogP contribution is 2.26. The Balaban J connectivity index is 1.91. The SMILES string of the molecule is Cc1nccn1CCn1ccc2c([N+](=O)[O-])cccc21. The van der Waals surface area contributed by atoms with E-state index >= 15 is 0 Å². The van der Waals surface area contributed by atoms with E-state index in [9.17, 15) is 10.1 Å². The van der Waals surface area contributed by atoms with Crippen LogP contribution in [0.3, 0.4) is 0 Å². The second-order valence-corrected chi connectivity index (χ2v) is 4.64. The highest BCUT2D eigenvalue weighted by Gasteiger charge is 2.13. The van der Waals surface area contributed by atoms with Gasteiger partial charge in [-0.15, -0.1) is 0 Å². The van der Waals surface area contributed by atoms with Crippen LogP contribution in [-0.4, -0.2) is 19.0 Å². The fraction of sp³-hybridized carbons (Fsp3) is 0.214. The summed E-state index contributed by atoms with van der Waals surface area (Å²) in [4.78, 5) is 14.8. The molecule has 6 heteroatoms. The number of non-ortho nitro benzene ring substituents is 1. The Morgan fingerprint density at radius 2 is 2.00 bits per heavy atom. The monoisotopic (exact) mass is 270 g/mol. The van der Waals surface area contributed by atoms with Crippen LogP contribution in [0.25, 0.3) is 10.9 Å². The maximum absolute atomic E-state index is 11.0. The maximum atomic E-state index is 11.0. The molecule has 3 aromatic rings. The first-order valence-electron chi connectivity index (χ1n) is 6.37. The van der Waals surface area contributed by atoms with Gasteiger partial charge in [0.25, 0.3) is 5.69 Å². The van der Waals surface area contributed by atoms with Gasteiger partial charge in [-0.05, 0) is 19.1 Å². The van der Waals surface area contributed by atoms with Crippen LogP contribution in [0.5, 0.6) is 0 Å². The molecule has 3 rings (SSSR count). The summed E-state index contributed by atoms with van der Waals surface area (Å²) >= 11 is 0. The summed E-state index contributed by atoms with van der Waals surface area (Å²) in [5.74, 6) is 0.965. The number of nitro benzene ring substituents is 1. The molecule has 0 spiro atoms. The molecule has 0 aliphatic rings. The Morgan fingerprint density at radius 3 is 2.70 bits per heavy atom. The van der Waals surface area contributed by atoms with E-state index in [1.807, 2.05) is 30.0 Å². The number of rotatable bonds is 4. The van der Waals surface area contributed by atoms with Gasteiger partial charge in [-0.3, -0.25) is 10.1 Å². The number of aromatic nitrogens is 3. The van der Waals surface area contributed by atoms with Gasteiger partial charge in [0.15, 0.2) is 0 Å². The largest absolute Gasteiger partial charge is 0.345 e. The molecule has 0 saturated carbocycles. The van der Waals surface area contributed by atoms with Crippen LogP contribution in [0.1, 0.15) is 5.82 Å². The molecule has 0 fully saturated rings. The number of nitrogens with zero attached hydrogens (tertiary/aromatic N) is 4. The Labute approximate surface area is 115 Å². The number of fused-ring (bicyclic) bond motifs is 1. The normalized spacial score (nSPS) is 11.1. The van der Waals surface area contributed by atoms with Crippen molar-refractivity contribution in [3.63, 3.8) is 0 Å². The highest BCUT2D eigenvalue weighted by molar-refractivity contribution is 5.89. The van der Waals surface area contributed by atoms with Crippen LogP contribution < -0.4 is 0 Å². The molecule has 0 aliphatic heterocycles. The standard InChI is InChI=1S/C14H14N4O2/c1-11-15-6-8-16(11)9-10-17-7-5-12-13(17)3-2-4-14(12)18(19)20/h2-8H,9-10H2,1H3. The summed E-state index contributed by atoms with van der Waals surface area (Å²) in [6, 6.07) is 6.96. The third kappa shape index (κ3) is 2.05. The second kappa shape index (κ2) is 4.80. The van der Waals surface area contributed by atoms with E-state index in [1.165, 1.54) is 6.07 Å². The summed E-state index contributed by atoms with van der Waals surface area (Å²) in [5, 5.41) is 11.7. The Hall–Kier alpha value is -2.63. The molecule has 0 bridgehead atoms. The molecule has 0 saturated heterocycles. The third-order valence-corrected chi connectivity index (χ3v) is 3.49. The molecular weight excluding hydrogens is 256 g/mol. The minimum atomic E-state index is -0.341. The van der Waals surface area contributed by atoms with E-state index in [0.717, 1.165) is 24.4 Å². The first-order chi connectivity index (χ1) is 9.66. The lowest BCUT2D eigenvalue weighted by atomic mass is 10.2. The smallest absolute Gasteiger partial charge is 0.278 e. The van der Waals surface area contributed by atoms with Crippen LogP contribution in [0.4, 0.5) is 5.69 Å². The van der Waals surface area contributed by atoms with Crippen molar-refractivity contribution in [2.45, 2.75) is 20.0 Å². The van der Waals surface area contributed by atoms with Crippen LogP contribution in [0, 0.1) is 17.0 Å². The van der Waals surface area contributed by atoms with E-state index < -0.39 is 0 Å². The van der Waals surface area contributed by atoms with Gasteiger partial charge in [0, 0.05) is 37.7 Å². The molecule has 20 heavy (non-hydrogen) atoms. The van der Waals surface area contributed by atoms with Gasteiger partial charge in [0.2, 0.25) is 0 Å². The van der Waals surface area contributed by atoms with Crippen molar-refractivity contribution in [3.8, 4) is 0 Å². The minimum Gasteiger partial charge on any atom is -0.345 e. The molecule has 0 aliphatic carbocycles. The average molecular weight is 270 g/mol. The van der Waals surface area contributed by atoms with Gasteiger partial charge >= 0.3 is 0 Å².